The van der Waals surface area contributed by atoms with Crippen LogP contribution in [0.1, 0.15) is 24.9 Å². The minimum absolute atomic E-state index is 0.276. The summed E-state index contributed by atoms with van der Waals surface area (Å²) in [6, 6.07) is 8.75. The van der Waals surface area contributed by atoms with E-state index in [1.165, 1.54) is 28.5 Å². The van der Waals surface area contributed by atoms with Crippen LogP contribution in [0, 0.1) is 0 Å². The first-order chi connectivity index (χ1) is 10.3. The van der Waals surface area contributed by atoms with Gasteiger partial charge in [-0.1, -0.05) is 31.2 Å². The lowest BCUT2D eigenvalue weighted by Gasteiger charge is -2.37. The van der Waals surface area contributed by atoms with Crippen LogP contribution in [0.4, 0.5) is 0 Å². The van der Waals surface area contributed by atoms with Gasteiger partial charge in [0.15, 0.2) is 0 Å². The number of pyridine rings is 1. The third-order valence-electron chi connectivity index (χ3n) is 4.35. The summed E-state index contributed by atoms with van der Waals surface area (Å²) < 4.78 is 0. The molecule has 0 saturated carbocycles. The molecule has 1 aliphatic heterocycles. The molecule has 2 unspecified atom stereocenters. The maximum atomic E-state index is 6.14. The van der Waals surface area contributed by atoms with Crippen LogP contribution in [0.25, 0.3) is 10.8 Å². The lowest BCUT2D eigenvalue weighted by atomic mass is 10.00. The van der Waals surface area contributed by atoms with E-state index in [1.54, 1.807) is 0 Å². The fourth-order valence-electron chi connectivity index (χ4n) is 3.15. The minimum atomic E-state index is 0.276. The van der Waals surface area contributed by atoms with Gasteiger partial charge >= 0.3 is 0 Å². The number of nitrogens with zero attached hydrogens (tertiary/aromatic N) is 2. The summed E-state index contributed by atoms with van der Waals surface area (Å²) in [5.74, 6) is 1.20. The summed E-state index contributed by atoms with van der Waals surface area (Å²) in [7, 11) is 0. The molecule has 2 N–H and O–H groups in total. The van der Waals surface area contributed by atoms with Gasteiger partial charge in [-0.05, 0) is 17.4 Å². The third-order valence-corrected chi connectivity index (χ3v) is 5.72. The first kappa shape index (κ1) is 14.8. The van der Waals surface area contributed by atoms with Crippen LogP contribution >= 0.6 is 11.8 Å². The number of rotatable bonds is 4. The van der Waals surface area contributed by atoms with Gasteiger partial charge in [-0.15, -0.1) is 0 Å². The average molecular weight is 301 g/mol. The average Bonchev–Trinajstić information content (AvgIpc) is 2.56. The van der Waals surface area contributed by atoms with Crippen LogP contribution < -0.4 is 5.73 Å². The highest BCUT2D eigenvalue weighted by atomic mass is 32.2. The Labute approximate surface area is 130 Å². The van der Waals surface area contributed by atoms with Crippen LogP contribution in [-0.2, 0) is 0 Å². The van der Waals surface area contributed by atoms with Crippen LogP contribution in [0.5, 0.6) is 0 Å². The van der Waals surface area contributed by atoms with Crippen LogP contribution in [-0.4, -0.2) is 40.5 Å². The zero-order valence-corrected chi connectivity index (χ0v) is 13.4. The van der Waals surface area contributed by atoms with Gasteiger partial charge in [0.1, 0.15) is 0 Å². The molecular formula is C17H23N3S. The number of hydrogen-bond acceptors (Lipinski definition) is 4. The third kappa shape index (κ3) is 3.07. The highest BCUT2D eigenvalue weighted by Crippen LogP contribution is 2.31. The maximum absolute atomic E-state index is 6.14. The van der Waals surface area contributed by atoms with E-state index < -0.39 is 0 Å². The van der Waals surface area contributed by atoms with Crippen LogP contribution in [0.15, 0.2) is 36.7 Å². The van der Waals surface area contributed by atoms with Crippen molar-refractivity contribution in [3.8, 4) is 0 Å². The molecule has 1 saturated heterocycles. The molecule has 2 atom stereocenters. The Morgan fingerprint density at radius 2 is 2.24 bits per heavy atom. The van der Waals surface area contributed by atoms with Crippen molar-refractivity contribution in [1.82, 2.24) is 9.88 Å². The standard InChI is InChI=1S/C17H23N3S/c1-2-14-12-20(7-8-21-14)17(9-18)16-11-19-10-13-5-3-4-6-15(13)16/h3-6,10-11,14,17H,2,7-9,12,18H2,1H3. The SMILES string of the molecule is CCC1CN(C(CN)c2cncc3ccccc23)CCS1. The van der Waals surface area contributed by atoms with E-state index in [0.717, 1.165) is 18.3 Å². The molecule has 1 aromatic carbocycles. The van der Waals surface area contributed by atoms with Crippen molar-refractivity contribution in [2.75, 3.05) is 25.4 Å². The van der Waals surface area contributed by atoms with Crippen molar-refractivity contribution in [3.05, 3.63) is 42.2 Å². The zero-order valence-electron chi connectivity index (χ0n) is 12.5. The Morgan fingerprint density at radius 1 is 1.38 bits per heavy atom. The molecule has 0 spiro atoms. The predicted molar refractivity (Wildman–Crippen MR) is 91.6 cm³/mol. The number of benzene rings is 1. The van der Waals surface area contributed by atoms with E-state index in [1.807, 2.05) is 12.4 Å². The van der Waals surface area contributed by atoms with Crippen LogP contribution in [0.3, 0.4) is 0 Å². The molecule has 3 rings (SSSR count). The Morgan fingerprint density at radius 3 is 3.05 bits per heavy atom. The molecule has 0 radical (unpaired) electrons. The zero-order chi connectivity index (χ0) is 14.7. The van der Waals surface area contributed by atoms with E-state index in [2.05, 4.69) is 52.8 Å². The molecule has 0 amide bonds. The van der Waals surface area contributed by atoms with Gasteiger partial charge in [-0.25, -0.2) is 0 Å². The highest BCUT2D eigenvalue weighted by Gasteiger charge is 2.26. The number of aromatic nitrogens is 1. The molecule has 2 heterocycles. The largest absolute Gasteiger partial charge is 0.329 e. The van der Waals surface area contributed by atoms with E-state index in [9.17, 15) is 0 Å². The monoisotopic (exact) mass is 301 g/mol. The van der Waals surface area contributed by atoms with Crippen molar-refractivity contribution in [2.45, 2.75) is 24.6 Å². The molecule has 1 fully saturated rings. The second-order valence-electron chi connectivity index (χ2n) is 5.60. The Kier molecular flexibility index (Phi) is 4.78. The first-order valence-electron chi connectivity index (χ1n) is 7.71. The van der Waals surface area contributed by atoms with Gasteiger partial charge in [0, 0.05) is 54.5 Å². The summed E-state index contributed by atoms with van der Waals surface area (Å²) in [5, 5.41) is 3.22. The topological polar surface area (TPSA) is 42.1 Å². The second kappa shape index (κ2) is 6.77. The number of nitrogens with two attached hydrogens (primary N) is 1. The second-order valence-corrected chi connectivity index (χ2v) is 7.01. The fourth-order valence-corrected chi connectivity index (χ4v) is 4.36. The van der Waals surface area contributed by atoms with Crippen molar-refractivity contribution in [3.63, 3.8) is 0 Å². The molecule has 21 heavy (non-hydrogen) atoms. The van der Waals surface area contributed by atoms with E-state index in [0.29, 0.717) is 6.54 Å². The van der Waals surface area contributed by atoms with Crippen molar-refractivity contribution >= 4 is 22.5 Å². The van der Waals surface area contributed by atoms with E-state index >= 15 is 0 Å². The molecule has 0 aliphatic carbocycles. The molecule has 4 heteroatoms. The Bertz CT molecular complexity index is 596. The van der Waals surface area contributed by atoms with Crippen molar-refractivity contribution in [2.24, 2.45) is 5.73 Å². The lowest BCUT2D eigenvalue weighted by Crippen LogP contribution is -2.42. The maximum Gasteiger partial charge on any atom is 0.0492 e. The molecule has 112 valence electrons. The summed E-state index contributed by atoms with van der Waals surface area (Å²) in [6.07, 6.45) is 5.17. The van der Waals surface area contributed by atoms with Crippen molar-refractivity contribution < 1.29 is 0 Å². The smallest absolute Gasteiger partial charge is 0.0492 e. The van der Waals surface area contributed by atoms with Gasteiger partial charge in [-0.3, -0.25) is 9.88 Å². The predicted octanol–water partition coefficient (Wildman–Crippen LogP) is 3.06. The summed E-state index contributed by atoms with van der Waals surface area (Å²) in [6.45, 7) is 5.17. The molecule has 0 bridgehead atoms. The highest BCUT2D eigenvalue weighted by molar-refractivity contribution is 8.00. The van der Waals surface area contributed by atoms with Crippen molar-refractivity contribution in [1.29, 1.82) is 0 Å². The lowest BCUT2D eigenvalue weighted by molar-refractivity contribution is 0.208. The normalized spacial score (nSPS) is 21.5. The summed E-state index contributed by atoms with van der Waals surface area (Å²) in [4.78, 5) is 6.98. The van der Waals surface area contributed by atoms with Gasteiger partial charge < -0.3 is 5.73 Å². The molecule has 3 nitrogen and oxygen atoms in total. The molecule has 1 aliphatic rings. The van der Waals surface area contributed by atoms with Gasteiger partial charge in [0.05, 0.1) is 0 Å². The van der Waals surface area contributed by atoms with Gasteiger partial charge in [-0.2, -0.15) is 11.8 Å². The first-order valence-corrected chi connectivity index (χ1v) is 8.76. The summed E-state index contributed by atoms with van der Waals surface area (Å²) in [5.41, 5.74) is 7.41. The number of hydrogen-bond donors (Lipinski definition) is 1. The number of thioether (sulfide) groups is 1. The van der Waals surface area contributed by atoms with Crippen LogP contribution in [0.2, 0.25) is 0 Å². The molecule has 2 aromatic rings. The molecular weight excluding hydrogens is 278 g/mol. The number of fused-ring (bicyclic) bond motifs is 1. The quantitative estimate of drug-likeness (QED) is 0.942. The minimum Gasteiger partial charge on any atom is -0.329 e. The van der Waals surface area contributed by atoms with E-state index in [4.69, 9.17) is 5.73 Å². The van der Waals surface area contributed by atoms with E-state index in [-0.39, 0.29) is 6.04 Å². The van der Waals surface area contributed by atoms with Gasteiger partial charge in [0.25, 0.3) is 0 Å². The fraction of sp³-hybridized carbons (Fsp3) is 0.471. The Balaban J connectivity index is 1.94. The summed E-state index contributed by atoms with van der Waals surface area (Å²) >= 11 is 2.10. The Hall–Kier alpha value is -1.10. The van der Waals surface area contributed by atoms with Gasteiger partial charge in [0.2, 0.25) is 0 Å². The molecule has 1 aromatic heterocycles.